The SMILES string of the molecule is O=C(CCc1nc(-c2cccs2)no1)NCc1ccc(S(=O)(=O)N2CCCCC2)cc1. The third-order valence-corrected chi connectivity index (χ3v) is 7.92. The summed E-state index contributed by atoms with van der Waals surface area (Å²) >= 11 is 1.53. The molecule has 1 amide bonds. The van der Waals surface area contributed by atoms with Crippen molar-refractivity contribution in [2.75, 3.05) is 13.1 Å². The van der Waals surface area contributed by atoms with Crippen molar-refractivity contribution in [3.05, 3.63) is 53.2 Å². The van der Waals surface area contributed by atoms with Gasteiger partial charge in [0.1, 0.15) is 0 Å². The van der Waals surface area contributed by atoms with Crippen molar-refractivity contribution in [1.29, 1.82) is 0 Å². The first-order valence-corrected chi connectivity index (χ1v) is 12.6. The zero-order valence-corrected chi connectivity index (χ0v) is 18.6. The highest BCUT2D eigenvalue weighted by Gasteiger charge is 2.25. The summed E-state index contributed by atoms with van der Waals surface area (Å²) in [5.74, 6) is 0.816. The predicted molar refractivity (Wildman–Crippen MR) is 117 cm³/mol. The van der Waals surface area contributed by atoms with Gasteiger partial charge in [0.05, 0.1) is 9.77 Å². The summed E-state index contributed by atoms with van der Waals surface area (Å²) in [4.78, 5) is 17.7. The molecule has 2 aromatic heterocycles. The molecule has 0 radical (unpaired) electrons. The number of aryl methyl sites for hydroxylation is 1. The Morgan fingerprint density at radius 2 is 1.90 bits per heavy atom. The van der Waals surface area contributed by atoms with E-state index in [9.17, 15) is 13.2 Å². The highest BCUT2D eigenvalue weighted by Crippen LogP contribution is 2.22. The summed E-state index contributed by atoms with van der Waals surface area (Å²) in [5, 5.41) is 8.71. The molecule has 1 saturated heterocycles. The molecule has 1 aliphatic heterocycles. The summed E-state index contributed by atoms with van der Waals surface area (Å²) in [6.45, 7) is 1.48. The summed E-state index contributed by atoms with van der Waals surface area (Å²) in [5.41, 5.74) is 0.837. The topological polar surface area (TPSA) is 105 Å². The number of hydrogen-bond donors (Lipinski definition) is 1. The van der Waals surface area contributed by atoms with Crippen LogP contribution in [-0.2, 0) is 27.8 Å². The Balaban J connectivity index is 1.26. The lowest BCUT2D eigenvalue weighted by atomic mass is 10.2. The largest absolute Gasteiger partial charge is 0.352 e. The van der Waals surface area contributed by atoms with Crippen LogP contribution in [0, 0.1) is 0 Å². The minimum Gasteiger partial charge on any atom is -0.352 e. The van der Waals surface area contributed by atoms with Crippen molar-refractivity contribution in [3.8, 4) is 10.7 Å². The fourth-order valence-electron chi connectivity index (χ4n) is 3.41. The number of thiophene rings is 1. The Labute approximate surface area is 185 Å². The molecule has 3 heterocycles. The van der Waals surface area contributed by atoms with Crippen molar-refractivity contribution in [1.82, 2.24) is 19.8 Å². The molecule has 4 rings (SSSR count). The number of aromatic nitrogens is 2. The normalized spacial score (nSPS) is 15.1. The maximum atomic E-state index is 12.7. The van der Waals surface area contributed by atoms with E-state index in [-0.39, 0.29) is 12.3 Å². The van der Waals surface area contributed by atoms with Crippen molar-refractivity contribution < 1.29 is 17.7 Å². The first-order valence-electron chi connectivity index (χ1n) is 10.2. The van der Waals surface area contributed by atoms with Crippen LogP contribution in [0.5, 0.6) is 0 Å². The molecule has 1 fully saturated rings. The number of carbonyl (C=O) groups is 1. The average molecular weight is 461 g/mol. The van der Waals surface area contributed by atoms with Gasteiger partial charge in [-0.1, -0.05) is 29.8 Å². The van der Waals surface area contributed by atoms with E-state index in [2.05, 4.69) is 15.5 Å². The summed E-state index contributed by atoms with van der Waals surface area (Å²) in [7, 11) is -3.44. The van der Waals surface area contributed by atoms with Crippen molar-refractivity contribution in [3.63, 3.8) is 0 Å². The van der Waals surface area contributed by atoms with Gasteiger partial charge in [-0.3, -0.25) is 4.79 Å². The van der Waals surface area contributed by atoms with Gasteiger partial charge in [0.25, 0.3) is 0 Å². The summed E-state index contributed by atoms with van der Waals surface area (Å²) < 4.78 is 32.1. The van der Waals surface area contributed by atoms with Crippen molar-refractivity contribution in [2.45, 2.75) is 43.5 Å². The van der Waals surface area contributed by atoms with E-state index in [1.165, 1.54) is 11.3 Å². The fourth-order valence-corrected chi connectivity index (χ4v) is 5.57. The molecule has 1 aliphatic rings. The second-order valence-corrected chi connectivity index (χ2v) is 10.3. The van der Waals surface area contributed by atoms with Crippen LogP contribution in [0.2, 0.25) is 0 Å². The maximum absolute atomic E-state index is 12.7. The molecule has 0 aliphatic carbocycles. The van der Waals surface area contributed by atoms with Gasteiger partial charge in [0, 0.05) is 32.5 Å². The van der Waals surface area contributed by atoms with Crippen LogP contribution >= 0.6 is 11.3 Å². The summed E-state index contributed by atoms with van der Waals surface area (Å²) in [6, 6.07) is 10.5. The van der Waals surface area contributed by atoms with E-state index in [1.54, 1.807) is 28.6 Å². The van der Waals surface area contributed by atoms with Gasteiger partial charge < -0.3 is 9.84 Å². The second-order valence-electron chi connectivity index (χ2n) is 7.37. The molecule has 0 spiro atoms. The van der Waals surface area contributed by atoms with Gasteiger partial charge >= 0.3 is 0 Å². The summed E-state index contributed by atoms with van der Waals surface area (Å²) in [6.07, 6.45) is 3.47. The molecule has 31 heavy (non-hydrogen) atoms. The van der Waals surface area contributed by atoms with Gasteiger partial charge in [-0.15, -0.1) is 11.3 Å². The van der Waals surface area contributed by atoms with Crippen molar-refractivity contribution >= 4 is 27.3 Å². The molecule has 0 saturated carbocycles. The maximum Gasteiger partial charge on any atom is 0.243 e. The van der Waals surface area contributed by atoms with E-state index in [4.69, 9.17) is 4.52 Å². The first kappa shape index (κ1) is 21.7. The Morgan fingerprint density at radius 3 is 2.61 bits per heavy atom. The van der Waals surface area contributed by atoms with E-state index in [1.807, 2.05) is 17.5 Å². The molecule has 3 aromatic rings. The van der Waals surface area contributed by atoms with Crippen LogP contribution in [-0.4, -0.2) is 41.9 Å². The van der Waals surface area contributed by atoms with Gasteiger partial charge in [-0.25, -0.2) is 8.42 Å². The van der Waals surface area contributed by atoms with Crippen LogP contribution < -0.4 is 5.32 Å². The molecular weight excluding hydrogens is 436 g/mol. The number of nitrogens with one attached hydrogen (secondary N) is 1. The molecular formula is C21H24N4O4S2. The monoisotopic (exact) mass is 460 g/mol. The van der Waals surface area contributed by atoms with Gasteiger partial charge in [-0.05, 0) is 42.0 Å². The van der Waals surface area contributed by atoms with Crippen LogP contribution in [0.25, 0.3) is 10.7 Å². The molecule has 0 unspecified atom stereocenters. The van der Waals surface area contributed by atoms with E-state index >= 15 is 0 Å². The highest BCUT2D eigenvalue weighted by atomic mass is 32.2. The lowest BCUT2D eigenvalue weighted by molar-refractivity contribution is -0.121. The van der Waals surface area contributed by atoms with Gasteiger partial charge in [0.2, 0.25) is 27.6 Å². The third kappa shape index (κ3) is 5.38. The Morgan fingerprint density at radius 1 is 1.13 bits per heavy atom. The average Bonchev–Trinajstić information content (AvgIpc) is 3.49. The minimum absolute atomic E-state index is 0.138. The Hall–Kier alpha value is -2.56. The number of carbonyl (C=O) groups excluding carboxylic acids is 1. The Kier molecular flexibility index (Phi) is 6.79. The molecule has 10 heteroatoms. The molecule has 0 bridgehead atoms. The molecule has 1 aromatic carbocycles. The standard InChI is InChI=1S/C21H24N4O4S2/c26-19(10-11-20-23-21(24-29-20)18-5-4-14-30-18)22-15-16-6-8-17(9-7-16)31(27,28)25-12-2-1-3-13-25/h4-9,14H,1-3,10-13,15H2,(H,22,26). The number of hydrogen-bond acceptors (Lipinski definition) is 7. The van der Waals surface area contributed by atoms with E-state index in [0.29, 0.717) is 42.7 Å². The number of benzene rings is 1. The number of piperidine rings is 1. The quantitative estimate of drug-likeness (QED) is 0.553. The Bertz CT molecular complexity index is 1100. The highest BCUT2D eigenvalue weighted by molar-refractivity contribution is 7.89. The zero-order chi connectivity index (χ0) is 21.7. The van der Waals surface area contributed by atoms with Crippen LogP contribution in [0.3, 0.4) is 0 Å². The first-order chi connectivity index (χ1) is 15.0. The third-order valence-electron chi connectivity index (χ3n) is 5.14. The van der Waals surface area contributed by atoms with Crippen LogP contribution in [0.4, 0.5) is 0 Å². The molecule has 8 nitrogen and oxygen atoms in total. The van der Waals surface area contributed by atoms with E-state index in [0.717, 1.165) is 29.7 Å². The lowest BCUT2D eigenvalue weighted by Crippen LogP contribution is -2.35. The molecule has 0 atom stereocenters. The number of sulfonamides is 1. The molecule has 1 N–H and O–H groups in total. The number of rotatable bonds is 8. The number of nitrogens with zero attached hydrogens (tertiary/aromatic N) is 3. The molecule has 164 valence electrons. The minimum atomic E-state index is -3.44. The van der Waals surface area contributed by atoms with Crippen LogP contribution in [0.1, 0.15) is 37.1 Å². The predicted octanol–water partition coefficient (Wildman–Crippen LogP) is 3.22. The number of amides is 1. The van der Waals surface area contributed by atoms with Gasteiger partial charge in [0.15, 0.2) is 0 Å². The second kappa shape index (κ2) is 9.71. The zero-order valence-electron chi connectivity index (χ0n) is 17.0. The van der Waals surface area contributed by atoms with E-state index < -0.39 is 10.0 Å². The van der Waals surface area contributed by atoms with Gasteiger partial charge in [-0.2, -0.15) is 9.29 Å². The van der Waals surface area contributed by atoms with Crippen LogP contribution in [0.15, 0.2) is 51.2 Å². The smallest absolute Gasteiger partial charge is 0.243 e. The lowest BCUT2D eigenvalue weighted by Gasteiger charge is -2.25. The fraction of sp³-hybridized carbons (Fsp3) is 0.381. The van der Waals surface area contributed by atoms with Crippen molar-refractivity contribution in [2.24, 2.45) is 0 Å².